The predicted molar refractivity (Wildman–Crippen MR) is 132 cm³/mol. The van der Waals surface area contributed by atoms with Crippen molar-refractivity contribution in [3.05, 3.63) is 65.7 Å². The Morgan fingerprint density at radius 2 is 1.71 bits per heavy atom. The number of hydrogen-bond donors (Lipinski definition) is 2. The molecular formula is C27H36N4O3. The van der Waals surface area contributed by atoms with Gasteiger partial charge in [-0.25, -0.2) is 0 Å². The zero-order valence-corrected chi connectivity index (χ0v) is 20.2. The second-order valence-corrected chi connectivity index (χ2v) is 10.4. The Hall–Kier alpha value is -2.45. The van der Waals surface area contributed by atoms with Crippen molar-refractivity contribution >= 4 is 11.6 Å². The maximum absolute atomic E-state index is 12.2. The van der Waals surface area contributed by atoms with Crippen molar-refractivity contribution in [2.45, 2.75) is 43.1 Å². The molecule has 34 heavy (non-hydrogen) atoms. The van der Waals surface area contributed by atoms with Crippen molar-refractivity contribution in [2.75, 3.05) is 45.3 Å². The van der Waals surface area contributed by atoms with E-state index in [9.17, 15) is 9.90 Å². The number of rotatable bonds is 6. The van der Waals surface area contributed by atoms with E-state index in [-0.39, 0.29) is 11.1 Å². The van der Waals surface area contributed by atoms with Gasteiger partial charge in [-0.3, -0.25) is 14.6 Å². The lowest BCUT2D eigenvalue weighted by Crippen LogP contribution is -2.58. The van der Waals surface area contributed by atoms with Crippen molar-refractivity contribution < 1.29 is 14.6 Å². The van der Waals surface area contributed by atoms with E-state index in [0.29, 0.717) is 23.7 Å². The molecule has 0 radical (unpaired) electrons. The molecule has 1 unspecified atom stereocenters. The standard InChI is InChI=1S/C27H36N4O3/c1-29(2)27(21-8-4-3-5-9-21)14-12-26(13-15-27)19-30(23-11-7-6-10-22(23)24(28)32)25(33)31(26)16-20-17-34-18-20/h3-11,20,25,33H,12-19H2,1-2H3,(H2,28,32)/t25?,26-,27+. The minimum absolute atomic E-state index is 0.0265. The molecule has 2 aromatic rings. The van der Waals surface area contributed by atoms with Crippen molar-refractivity contribution in [1.82, 2.24) is 9.80 Å². The summed E-state index contributed by atoms with van der Waals surface area (Å²) >= 11 is 0. The van der Waals surface area contributed by atoms with E-state index in [1.807, 2.05) is 23.1 Å². The van der Waals surface area contributed by atoms with E-state index in [2.05, 4.69) is 54.2 Å². The molecule has 2 aliphatic heterocycles. The highest BCUT2D eigenvalue weighted by molar-refractivity contribution is 5.98. The van der Waals surface area contributed by atoms with Crippen LogP contribution in [0.1, 0.15) is 41.6 Å². The molecule has 1 spiro atoms. The first-order valence-electron chi connectivity index (χ1n) is 12.3. The number of nitrogens with zero attached hydrogens (tertiary/aromatic N) is 3. The molecule has 2 heterocycles. The summed E-state index contributed by atoms with van der Waals surface area (Å²) in [4.78, 5) is 18.8. The van der Waals surface area contributed by atoms with E-state index in [1.54, 1.807) is 6.07 Å². The zero-order chi connectivity index (χ0) is 23.9. The van der Waals surface area contributed by atoms with E-state index in [4.69, 9.17) is 10.5 Å². The number of anilines is 1. The largest absolute Gasteiger partial charge is 0.381 e. The minimum Gasteiger partial charge on any atom is -0.381 e. The van der Waals surface area contributed by atoms with Gasteiger partial charge in [-0.15, -0.1) is 0 Å². The van der Waals surface area contributed by atoms with Crippen LogP contribution in [-0.4, -0.2) is 73.1 Å². The molecule has 5 rings (SSSR count). The highest BCUT2D eigenvalue weighted by Crippen LogP contribution is 2.50. The topological polar surface area (TPSA) is 82.3 Å². The van der Waals surface area contributed by atoms with Crippen LogP contribution in [0.2, 0.25) is 0 Å². The third-order valence-corrected chi connectivity index (χ3v) is 8.45. The van der Waals surface area contributed by atoms with Gasteiger partial charge in [-0.1, -0.05) is 42.5 Å². The third kappa shape index (κ3) is 3.81. The number of hydrogen-bond acceptors (Lipinski definition) is 6. The molecule has 7 heteroatoms. The summed E-state index contributed by atoms with van der Waals surface area (Å²) in [5.41, 5.74) is 8.01. The average Bonchev–Trinajstić information content (AvgIpc) is 3.08. The van der Waals surface area contributed by atoms with Crippen molar-refractivity contribution in [2.24, 2.45) is 11.7 Å². The molecule has 3 N–H and O–H groups in total. The first-order chi connectivity index (χ1) is 16.4. The lowest BCUT2D eigenvalue weighted by Gasteiger charge is -2.52. The summed E-state index contributed by atoms with van der Waals surface area (Å²) in [5, 5.41) is 11.6. The highest BCUT2D eigenvalue weighted by Gasteiger charge is 2.55. The Kier molecular flexibility index (Phi) is 6.14. The van der Waals surface area contributed by atoms with Crippen LogP contribution in [0.15, 0.2) is 54.6 Å². The molecule has 1 atom stereocenters. The number of aliphatic hydroxyl groups excluding tert-OH is 1. The molecule has 1 saturated carbocycles. The summed E-state index contributed by atoms with van der Waals surface area (Å²) in [7, 11) is 4.35. The molecule has 0 aromatic heterocycles. The fraction of sp³-hybridized carbons (Fsp3) is 0.519. The molecule has 7 nitrogen and oxygen atoms in total. The summed E-state index contributed by atoms with van der Waals surface area (Å²) in [6.07, 6.45) is 3.11. The van der Waals surface area contributed by atoms with Gasteiger partial charge < -0.3 is 20.5 Å². The van der Waals surface area contributed by atoms with Gasteiger partial charge in [0.05, 0.1) is 24.5 Å². The van der Waals surface area contributed by atoms with E-state index in [1.165, 1.54) is 5.56 Å². The molecule has 2 aromatic carbocycles. The quantitative estimate of drug-likeness (QED) is 0.684. The van der Waals surface area contributed by atoms with E-state index >= 15 is 0 Å². The first kappa shape index (κ1) is 23.3. The number of ether oxygens (including phenoxy) is 1. The van der Waals surface area contributed by atoms with Crippen molar-refractivity contribution in [3.8, 4) is 0 Å². The summed E-state index contributed by atoms with van der Waals surface area (Å²) in [6.45, 7) is 2.94. The Labute approximate surface area is 202 Å². The van der Waals surface area contributed by atoms with Gasteiger partial charge in [0.2, 0.25) is 0 Å². The van der Waals surface area contributed by atoms with Crippen LogP contribution in [0.3, 0.4) is 0 Å². The highest BCUT2D eigenvalue weighted by atomic mass is 16.5. The molecule has 2 saturated heterocycles. The van der Waals surface area contributed by atoms with Crippen LogP contribution in [0.4, 0.5) is 5.69 Å². The third-order valence-electron chi connectivity index (χ3n) is 8.45. The number of nitrogens with two attached hydrogens (primary N) is 1. The number of aliphatic hydroxyl groups is 1. The molecular weight excluding hydrogens is 428 g/mol. The number of para-hydroxylation sites is 1. The maximum atomic E-state index is 12.2. The molecule has 0 bridgehead atoms. The Morgan fingerprint density at radius 3 is 2.29 bits per heavy atom. The fourth-order valence-electron chi connectivity index (χ4n) is 6.32. The van der Waals surface area contributed by atoms with Gasteiger partial charge in [-0.2, -0.15) is 0 Å². The molecule has 3 aliphatic rings. The van der Waals surface area contributed by atoms with Crippen molar-refractivity contribution in [3.63, 3.8) is 0 Å². The lowest BCUT2D eigenvalue weighted by atomic mass is 9.68. The van der Waals surface area contributed by atoms with Crippen LogP contribution >= 0.6 is 0 Å². The molecule has 1 amide bonds. The van der Waals surface area contributed by atoms with Gasteiger partial charge in [-0.05, 0) is 57.5 Å². The van der Waals surface area contributed by atoms with Crippen LogP contribution in [0.5, 0.6) is 0 Å². The first-order valence-corrected chi connectivity index (χ1v) is 12.3. The average molecular weight is 465 g/mol. The Bertz CT molecular complexity index is 1020. The fourth-order valence-corrected chi connectivity index (χ4v) is 6.32. The van der Waals surface area contributed by atoms with Crippen LogP contribution < -0.4 is 10.6 Å². The van der Waals surface area contributed by atoms with Gasteiger partial charge in [0.1, 0.15) is 0 Å². The van der Waals surface area contributed by atoms with Crippen LogP contribution in [-0.2, 0) is 10.3 Å². The number of carbonyl (C=O) groups excluding carboxylic acids is 1. The second-order valence-electron chi connectivity index (χ2n) is 10.4. The van der Waals surface area contributed by atoms with E-state index < -0.39 is 12.3 Å². The van der Waals surface area contributed by atoms with Gasteiger partial charge in [0.25, 0.3) is 5.91 Å². The smallest absolute Gasteiger partial charge is 0.250 e. The van der Waals surface area contributed by atoms with Gasteiger partial charge >= 0.3 is 0 Å². The summed E-state index contributed by atoms with van der Waals surface area (Å²) in [5.74, 6) is -0.0467. The Balaban J connectivity index is 1.47. The Morgan fingerprint density at radius 1 is 1.06 bits per heavy atom. The van der Waals surface area contributed by atoms with E-state index in [0.717, 1.165) is 45.4 Å². The molecule has 182 valence electrons. The normalized spacial score (nSPS) is 30.1. The van der Waals surface area contributed by atoms with Crippen LogP contribution in [0, 0.1) is 5.92 Å². The van der Waals surface area contributed by atoms with Crippen molar-refractivity contribution in [1.29, 1.82) is 0 Å². The number of amides is 1. The van der Waals surface area contributed by atoms with Crippen LogP contribution in [0.25, 0.3) is 0 Å². The predicted octanol–water partition coefficient (Wildman–Crippen LogP) is 2.60. The SMILES string of the molecule is CN(C)[C@]1(c2ccccc2)CC[C@]2(CC1)CN(c1ccccc1C(N)=O)C(O)N2CC1COC1. The zero-order valence-electron chi connectivity index (χ0n) is 20.2. The summed E-state index contributed by atoms with van der Waals surface area (Å²) < 4.78 is 5.45. The minimum atomic E-state index is -0.801. The second kappa shape index (κ2) is 8.96. The number of benzene rings is 2. The van der Waals surface area contributed by atoms with Gasteiger partial charge in [0, 0.05) is 30.1 Å². The summed E-state index contributed by atoms with van der Waals surface area (Å²) in [6, 6.07) is 18.1. The lowest BCUT2D eigenvalue weighted by molar-refractivity contribution is -0.103. The maximum Gasteiger partial charge on any atom is 0.250 e. The molecule has 1 aliphatic carbocycles. The molecule has 3 fully saturated rings. The number of carbonyl (C=O) groups is 1. The number of primary amides is 1. The van der Waals surface area contributed by atoms with Gasteiger partial charge in [0.15, 0.2) is 6.35 Å². The monoisotopic (exact) mass is 464 g/mol.